The lowest BCUT2D eigenvalue weighted by Crippen LogP contribution is -2.25. The van der Waals surface area contributed by atoms with Crippen LogP contribution in [0.1, 0.15) is 42.3 Å². The molecule has 0 saturated carbocycles. The lowest BCUT2D eigenvalue weighted by molar-refractivity contribution is -0.148. The normalized spacial score (nSPS) is 11.9. The summed E-state index contributed by atoms with van der Waals surface area (Å²) in [6, 6.07) is 28.5. The molecular formula is C29H29NO3. The van der Waals surface area contributed by atoms with Crippen molar-refractivity contribution in [1.29, 1.82) is 0 Å². The number of carbonyl (C=O) groups excluding carboxylic acids is 2. The molecule has 0 aromatic heterocycles. The van der Waals surface area contributed by atoms with E-state index in [2.05, 4.69) is 0 Å². The number of ether oxygens (including phenoxy) is 1. The minimum Gasteiger partial charge on any atom is -0.457 e. The molecule has 0 fully saturated rings. The average molecular weight is 440 g/mol. The quantitative estimate of drug-likeness (QED) is 0.248. The molecule has 3 rings (SSSR count). The average Bonchev–Trinajstić information content (AvgIpc) is 2.81. The molecule has 0 aliphatic heterocycles. The molecule has 0 bridgehead atoms. The number of nitrogens with zero attached hydrogens (tertiary/aromatic N) is 1. The Morgan fingerprint density at radius 3 is 1.85 bits per heavy atom. The molecule has 0 aliphatic rings. The highest BCUT2D eigenvalue weighted by atomic mass is 16.6. The Kier molecular flexibility index (Phi) is 7.98. The van der Waals surface area contributed by atoms with Gasteiger partial charge in [-0.2, -0.15) is 0 Å². The van der Waals surface area contributed by atoms with Crippen molar-refractivity contribution in [3.8, 4) is 0 Å². The van der Waals surface area contributed by atoms with Crippen LogP contribution in [0, 0.1) is 0 Å². The van der Waals surface area contributed by atoms with Crippen LogP contribution in [0.25, 0.3) is 5.57 Å². The van der Waals surface area contributed by atoms with Crippen LogP contribution < -0.4 is 0 Å². The van der Waals surface area contributed by atoms with Crippen molar-refractivity contribution in [3.05, 3.63) is 126 Å². The second-order valence-corrected chi connectivity index (χ2v) is 8.60. The monoisotopic (exact) mass is 439 g/mol. The van der Waals surface area contributed by atoms with Gasteiger partial charge in [-0.05, 0) is 55.7 Å². The Morgan fingerprint density at radius 1 is 0.788 bits per heavy atom. The van der Waals surface area contributed by atoms with Gasteiger partial charge in [-0.3, -0.25) is 4.79 Å². The minimum atomic E-state index is -0.596. The van der Waals surface area contributed by atoms with Crippen LogP contribution in [0.15, 0.2) is 109 Å². The minimum absolute atomic E-state index is 0.125. The first-order valence-corrected chi connectivity index (χ1v) is 10.9. The zero-order chi connectivity index (χ0) is 23.7. The highest BCUT2D eigenvalue weighted by molar-refractivity contribution is 5.96. The first-order valence-electron chi connectivity index (χ1n) is 10.9. The van der Waals surface area contributed by atoms with E-state index in [1.807, 2.05) is 99.6 Å². The molecule has 33 heavy (non-hydrogen) atoms. The third-order valence-corrected chi connectivity index (χ3v) is 4.70. The summed E-state index contributed by atoms with van der Waals surface area (Å²) in [5.41, 5.74) is 2.51. The van der Waals surface area contributed by atoms with E-state index in [1.165, 1.54) is 6.08 Å². The first-order chi connectivity index (χ1) is 15.8. The Hall–Kier alpha value is -3.92. The predicted molar refractivity (Wildman–Crippen MR) is 132 cm³/mol. The van der Waals surface area contributed by atoms with Gasteiger partial charge in [-0.1, -0.05) is 78.9 Å². The largest absolute Gasteiger partial charge is 0.457 e. The van der Waals surface area contributed by atoms with E-state index < -0.39 is 11.6 Å². The Balaban J connectivity index is 1.95. The number of carbonyl (C=O) groups is 2. The SMILES string of the molecule is CC(C)(C)OC(=O)/C=C(/C=C/N(Cc1ccccc1)C(=O)c1ccccc1)c1ccccc1. The van der Waals surface area contributed by atoms with Crippen molar-refractivity contribution in [2.45, 2.75) is 32.9 Å². The van der Waals surface area contributed by atoms with Crippen LogP contribution >= 0.6 is 0 Å². The van der Waals surface area contributed by atoms with Gasteiger partial charge < -0.3 is 9.64 Å². The number of allylic oxidation sites excluding steroid dienone is 2. The van der Waals surface area contributed by atoms with E-state index >= 15 is 0 Å². The Morgan fingerprint density at radius 2 is 1.30 bits per heavy atom. The lowest BCUT2D eigenvalue weighted by Gasteiger charge is -2.20. The summed E-state index contributed by atoms with van der Waals surface area (Å²) in [6.45, 7) is 5.89. The molecule has 0 radical (unpaired) electrons. The number of benzene rings is 3. The van der Waals surface area contributed by atoms with Gasteiger partial charge in [0, 0.05) is 17.8 Å². The van der Waals surface area contributed by atoms with Crippen LogP contribution in [-0.4, -0.2) is 22.4 Å². The smallest absolute Gasteiger partial charge is 0.331 e. The van der Waals surface area contributed by atoms with Crippen molar-refractivity contribution in [1.82, 2.24) is 4.90 Å². The fourth-order valence-electron chi connectivity index (χ4n) is 3.21. The van der Waals surface area contributed by atoms with Gasteiger partial charge in [-0.15, -0.1) is 0 Å². The van der Waals surface area contributed by atoms with Gasteiger partial charge in [-0.25, -0.2) is 4.79 Å². The van der Waals surface area contributed by atoms with E-state index in [0.717, 1.165) is 11.1 Å². The third kappa shape index (κ3) is 7.62. The van der Waals surface area contributed by atoms with Crippen LogP contribution in [0.2, 0.25) is 0 Å². The second kappa shape index (κ2) is 11.1. The molecule has 4 heteroatoms. The molecule has 0 spiro atoms. The predicted octanol–water partition coefficient (Wildman–Crippen LogP) is 6.27. The molecule has 168 valence electrons. The molecule has 3 aromatic carbocycles. The van der Waals surface area contributed by atoms with Crippen molar-refractivity contribution in [2.75, 3.05) is 0 Å². The van der Waals surface area contributed by atoms with Crippen molar-refractivity contribution in [3.63, 3.8) is 0 Å². The highest BCUT2D eigenvalue weighted by Crippen LogP contribution is 2.19. The standard InChI is InChI=1S/C29H29NO3/c1-29(2,3)33-27(31)21-26(24-15-9-5-10-16-24)19-20-30(22-23-13-7-4-8-14-23)28(32)25-17-11-6-12-18-25/h4-21H,22H2,1-3H3/b20-19+,26-21-. The summed E-state index contributed by atoms with van der Waals surface area (Å²) in [7, 11) is 0. The van der Waals surface area contributed by atoms with Crippen molar-refractivity contribution >= 4 is 17.4 Å². The zero-order valence-corrected chi connectivity index (χ0v) is 19.3. The van der Waals surface area contributed by atoms with Crippen LogP contribution in [-0.2, 0) is 16.1 Å². The number of amides is 1. The number of rotatable bonds is 7. The second-order valence-electron chi connectivity index (χ2n) is 8.60. The topological polar surface area (TPSA) is 46.6 Å². The summed E-state index contributed by atoms with van der Waals surface area (Å²) >= 11 is 0. The van der Waals surface area contributed by atoms with E-state index in [4.69, 9.17) is 4.74 Å². The highest BCUT2D eigenvalue weighted by Gasteiger charge is 2.16. The molecule has 0 aliphatic carbocycles. The fourth-order valence-corrected chi connectivity index (χ4v) is 3.21. The summed E-state index contributed by atoms with van der Waals surface area (Å²) < 4.78 is 5.48. The van der Waals surface area contributed by atoms with Crippen LogP contribution in [0.3, 0.4) is 0 Å². The van der Waals surface area contributed by atoms with Gasteiger partial charge >= 0.3 is 5.97 Å². The molecule has 1 amide bonds. The Bertz CT molecular complexity index is 1110. The molecular weight excluding hydrogens is 410 g/mol. The van der Waals surface area contributed by atoms with E-state index in [9.17, 15) is 9.59 Å². The van der Waals surface area contributed by atoms with Crippen LogP contribution in [0.5, 0.6) is 0 Å². The lowest BCUT2D eigenvalue weighted by atomic mass is 10.1. The fraction of sp³-hybridized carbons (Fsp3) is 0.172. The molecule has 3 aromatic rings. The van der Waals surface area contributed by atoms with Crippen LogP contribution in [0.4, 0.5) is 0 Å². The molecule has 0 atom stereocenters. The summed E-state index contributed by atoms with van der Waals surface area (Å²) in [6.07, 6.45) is 4.97. The summed E-state index contributed by atoms with van der Waals surface area (Å²) in [5.74, 6) is -0.560. The van der Waals surface area contributed by atoms with Gasteiger partial charge in [0.25, 0.3) is 5.91 Å². The van der Waals surface area contributed by atoms with Gasteiger partial charge in [0.1, 0.15) is 5.60 Å². The number of hydrogen-bond donors (Lipinski definition) is 0. The zero-order valence-electron chi connectivity index (χ0n) is 19.3. The molecule has 0 heterocycles. The summed E-state index contributed by atoms with van der Waals surface area (Å²) in [5, 5.41) is 0. The molecule has 0 N–H and O–H groups in total. The van der Waals surface area contributed by atoms with Gasteiger partial charge in [0.05, 0.1) is 6.54 Å². The number of esters is 1. The maximum atomic E-state index is 13.3. The van der Waals surface area contributed by atoms with E-state index in [1.54, 1.807) is 29.3 Å². The van der Waals surface area contributed by atoms with E-state index in [-0.39, 0.29) is 5.91 Å². The maximum absolute atomic E-state index is 13.3. The Labute approximate surface area is 195 Å². The molecule has 0 unspecified atom stereocenters. The number of hydrogen-bond acceptors (Lipinski definition) is 3. The molecule has 4 nitrogen and oxygen atoms in total. The van der Waals surface area contributed by atoms with Gasteiger partial charge in [0.15, 0.2) is 0 Å². The van der Waals surface area contributed by atoms with Crippen molar-refractivity contribution < 1.29 is 14.3 Å². The first kappa shape index (κ1) is 23.7. The maximum Gasteiger partial charge on any atom is 0.331 e. The van der Waals surface area contributed by atoms with Crippen molar-refractivity contribution in [2.24, 2.45) is 0 Å². The third-order valence-electron chi connectivity index (χ3n) is 4.70. The van der Waals surface area contributed by atoms with Gasteiger partial charge in [0.2, 0.25) is 0 Å². The van der Waals surface area contributed by atoms with E-state index in [0.29, 0.717) is 17.7 Å². The summed E-state index contributed by atoms with van der Waals surface area (Å²) in [4.78, 5) is 27.4. The molecule has 0 saturated heterocycles.